The fraction of sp³-hybridized carbons (Fsp3) is 0.417. The number of ether oxygens (including phenoxy) is 1. The summed E-state index contributed by atoms with van der Waals surface area (Å²) in [4.78, 5) is 11.0. The minimum absolute atomic E-state index is 0.0433. The third-order valence-electron chi connectivity index (χ3n) is 3.04. The molecule has 2 rings (SSSR count). The number of alkyl halides is 3. The van der Waals surface area contributed by atoms with Gasteiger partial charge in [0, 0.05) is 5.02 Å². The lowest BCUT2D eigenvalue weighted by Gasteiger charge is -2.32. The minimum atomic E-state index is -4.73. The van der Waals surface area contributed by atoms with E-state index in [0.29, 0.717) is 16.1 Å². The second-order valence-corrected chi connectivity index (χ2v) is 4.85. The van der Waals surface area contributed by atoms with Gasteiger partial charge in [0.2, 0.25) is 6.10 Å². The maximum absolute atomic E-state index is 12.8. The van der Waals surface area contributed by atoms with E-state index >= 15 is 0 Å². The van der Waals surface area contributed by atoms with Crippen LogP contribution in [0.1, 0.15) is 11.1 Å². The Labute approximate surface area is 111 Å². The van der Waals surface area contributed by atoms with E-state index in [0.717, 1.165) is 0 Å². The number of hydrogen-bond donors (Lipinski definition) is 1. The highest BCUT2D eigenvalue weighted by atomic mass is 35.5. The number of benzene rings is 1. The molecule has 1 aliphatic heterocycles. The summed E-state index contributed by atoms with van der Waals surface area (Å²) < 4.78 is 43.3. The van der Waals surface area contributed by atoms with Gasteiger partial charge >= 0.3 is 12.1 Å². The Morgan fingerprint density at radius 2 is 2.11 bits per heavy atom. The summed E-state index contributed by atoms with van der Waals surface area (Å²) in [6.45, 7) is 1.64. The van der Waals surface area contributed by atoms with Gasteiger partial charge in [-0.2, -0.15) is 13.2 Å². The van der Waals surface area contributed by atoms with Gasteiger partial charge in [-0.1, -0.05) is 11.6 Å². The van der Waals surface area contributed by atoms with Crippen molar-refractivity contribution < 1.29 is 27.8 Å². The maximum Gasteiger partial charge on any atom is 0.426 e. The molecule has 3 nitrogen and oxygen atoms in total. The molecule has 0 amide bonds. The minimum Gasteiger partial charge on any atom is -0.481 e. The zero-order valence-corrected chi connectivity index (χ0v) is 10.5. The van der Waals surface area contributed by atoms with Gasteiger partial charge in [0.05, 0.1) is 0 Å². The summed E-state index contributed by atoms with van der Waals surface area (Å²) in [6.07, 6.45) is -7.32. The fourth-order valence-corrected chi connectivity index (χ4v) is 2.23. The van der Waals surface area contributed by atoms with E-state index in [4.69, 9.17) is 21.4 Å². The van der Waals surface area contributed by atoms with Crippen LogP contribution in [-0.4, -0.2) is 23.4 Å². The highest BCUT2D eigenvalue weighted by molar-refractivity contribution is 6.31. The summed E-state index contributed by atoms with van der Waals surface area (Å²) in [5.74, 6) is -3.15. The summed E-state index contributed by atoms with van der Waals surface area (Å²) in [5.41, 5.74) is 0.957. The molecule has 0 radical (unpaired) electrons. The van der Waals surface area contributed by atoms with Gasteiger partial charge in [-0.3, -0.25) is 4.79 Å². The molecule has 1 N–H and O–H groups in total. The fourth-order valence-electron chi connectivity index (χ4n) is 2.04. The number of fused-ring (bicyclic) bond motifs is 1. The van der Waals surface area contributed by atoms with Gasteiger partial charge in [-0.25, -0.2) is 0 Å². The van der Waals surface area contributed by atoms with Crippen molar-refractivity contribution in [3.63, 3.8) is 0 Å². The first kappa shape index (κ1) is 14.0. The highest BCUT2D eigenvalue weighted by Crippen LogP contribution is 2.40. The number of halogens is 4. The van der Waals surface area contributed by atoms with Crippen molar-refractivity contribution in [2.24, 2.45) is 5.92 Å². The van der Waals surface area contributed by atoms with Crippen LogP contribution in [0.25, 0.3) is 0 Å². The van der Waals surface area contributed by atoms with E-state index in [9.17, 15) is 18.0 Å². The summed E-state index contributed by atoms with van der Waals surface area (Å²) in [5, 5.41) is 9.28. The Bertz CT molecular complexity index is 528. The van der Waals surface area contributed by atoms with Crippen molar-refractivity contribution in [2.75, 3.05) is 0 Å². The number of aliphatic carboxylic acids is 1. The number of rotatable bonds is 1. The van der Waals surface area contributed by atoms with E-state index in [2.05, 4.69) is 0 Å². The summed E-state index contributed by atoms with van der Waals surface area (Å²) in [7, 11) is 0. The van der Waals surface area contributed by atoms with Crippen molar-refractivity contribution in [1.29, 1.82) is 0 Å². The number of aryl methyl sites for hydroxylation is 1. The van der Waals surface area contributed by atoms with Crippen LogP contribution >= 0.6 is 11.6 Å². The van der Waals surface area contributed by atoms with Crippen LogP contribution in [-0.2, 0) is 11.2 Å². The maximum atomic E-state index is 12.8. The topological polar surface area (TPSA) is 46.5 Å². The van der Waals surface area contributed by atoms with Crippen LogP contribution in [0.2, 0.25) is 5.02 Å². The molecule has 1 heterocycles. The molecule has 19 heavy (non-hydrogen) atoms. The van der Waals surface area contributed by atoms with Crippen molar-refractivity contribution in [3.8, 4) is 5.75 Å². The summed E-state index contributed by atoms with van der Waals surface area (Å²) in [6, 6.07) is 2.85. The Kier molecular flexibility index (Phi) is 3.38. The van der Waals surface area contributed by atoms with Gasteiger partial charge < -0.3 is 9.84 Å². The molecule has 0 aromatic heterocycles. The monoisotopic (exact) mass is 294 g/mol. The molecular formula is C12H10ClF3O3. The smallest absolute Gasteiger partial charge is 0.426 e. The first-order valence-electron chi connectivity index (χ1n) is 5.45. The molecule has 0 aliphatic carbocycles. The molecule has 0 saturated carbocycles. The Morgan fingerprint density at radius 3 is 2.63 bits per heavy atom. The van der Waals surface area contributed by atoms with Crippen molar-refractivity contribution in [3.05, 3.63) is 28.3 Å². The highest BCUT2D eigenvalue weighted by Gasteiger charge is 2.52. The second kappa shape index (κ2) is 4.59. The summed E-state index contributed by atoms with van der Waals surface area (Å²) >= 11 is 5.87. The predicted molar refractivity (Wildman–Crippen MR) is 61.5 cm³/mol. The largest absolute Gasteiger partial charge is 0.481 e. The quantitative estimate of drug-likeness (QED) is 0.865. The molecule has 0 bridgehead atoms. The zero-order chi connectivity index (χ0) is 14.4. The number of hydrogen-bond acceptors (Lipinski definition) is 2. The predicted octanol–water partition coefficient (Wildman–Crippen LogP) is 3.22. The number of carboxylic acids is 1. The van der Waals surface area contributed by atoms with Crippen LogP contribution in [0.4, 0.5) is 13.2 Å². The average Bonchev–Trinajstić information content (AvgIpc) is 2.27. The van der Waals surface area contributed by atoms with Crippen LogP contribution in [0.5, 0.6) is 5.75 Å². The second-order valence-electron chi connectivity index (χ2n) is 4.44. The van der Waals surface area contributed by atoms with Crippen molar-refractivity contribution in [1.82, 2.24) is 0 Å². The molecule has 1 aromatic carbocycles. The van der Waals surface area contributed by atoms with Crippen molar-refractivity contribution >= 4 is 17.6 Å². The van der Waals surface area contributed by atoms with Gasteiger partial charge in [0.25, 0.3) is 0 Å². The molecule has 1 aromatic rings. The van der Waals surface area contributed by atoms with E-state index < -0.39 is 24.2 Å². The molecule has 0 spiro atoms. The van der Waals surface area contributed by atoms with Gasteiger partial charge in [0.1, 0.15) is 11.7 Å². The molecule has 2 atom stereocenters. The molecule has 7 heteroatoms. The van der Waals surface area contributed by atoms with Gasteiger partial charge in [-0.05, 0) is 36.6 Å². The molecule has 0 unspecified atom stereocenters. The van der Waals surface area contributed by atoms with E-state index in [-0.39, 0.29) is 12.2 Å². The number of carbonyl (C=O) groups is 1. The average molecular weight is 295 g/mol. The molecule has 1 aliphatic rings. The number of carboxylic acid groups (broad SMARTS) is 1. The lowest BCUT2D eigenvalue weighted by atomic mass is 9.90. The van der Waals surface area contributed by atoms with E-state index in [1.807, 2.05) is 0 Å². The SMILES string of the molecule is Cc1cc2c(cc1Cl)C[C@@H](C(=O)O)[C@H](C(F)(F)F)O2. The van der Waals surface area contributed by atoms with Crippen LogP contribution in [0.15, 0.2) is 12.1 Å². The van der Waals surface area contributed by atoms with Crippen LogP contribution in [0, 0.1) is 12.8 Å². The Morgan fingerprint density at radius 1 is 1.47 bits per heavy atom. The molecule has 104 valence electrons. The van der Waals surface area contributed by atoms with Crippen LogP contribution < -0.4 is 4.74 Å². The Hall–Kier alpha value is -1.43. The normalized spacial score (nSPS) is 22.6. The first-order chi connectivity index (χ1) is 8.70. The third kappa shape index (κ3) is 2.63. The lowest BCUT2D eigenvalue weighted by Crippen LogP contribution is -2.47. The van der Waals surface area contributed by atoms with Gasteiger partial charge in [0.15, 0.2) is 0 Å². The molecular weight excluding hydrogens is 285 g/mol. The van der Waals surface area contributed by atoms with E-state index in [1.54, 1.807) is 6.92 Å². The lowest BCUT2D eigenvalue weighted by molar-refractivity contribution is -0.217. The first-order valence-corrected chi connectivity index (χ1v) is 5.83. The van der Waals surface area contributed by atoms with Crippen LogP contribution in [0.3, 0.4) is 0 Å². The standard InChI is InChI=1S/C12H10ClF3O3/c1-5-2-9-6(4-8(5)13)3-7(11(17)18)10(19-9)12(14,15)16/h2,4,7,10H,3H2,1H3,(H,17,18)/t7-,10-/m1/s1. The van der Waals surface area contributed by atoms with Crippen molar-refractivity contribution in [2.45, 2.75) is 25.6 Å². The van der Waals surface area contributed by atoms with E-state index in [1.165, 1.54) is 12.1 Å². The third-order valence-corrected chi connectivity index (χ3v) is 3.45. The Balaban J connectivity index is 2.45. The zero-order valence-electron chi connectivity index (χ0n) is 9.79. The van der Waals surface area contributed by atoms with Gasteiger partial charge in [-0.15, -0.1) is 0 Å². The molecule has 0 saturated heterocycles. The molecule has 0 fully saturated rings.